The maximum absolute atomic E-state index is 12.1. The summed E-state index contributed by atoms with van der Waals surface area (Å²) < 4.78 is 0. The van der Waals surface area contributed by atoms with E-state index in [9.17, 15) is 9.59 Å². The molecule has 0 aromatic heterocycles. The molecule has 0 spiro atoms. The molecule has 0 unspecified atom stereocenters. The van der Waals surface area contributed by atoms with Crippen molar-refractivity contribution in [2.45, 2.75) is 6.92 Å². The highest BCUT2D eigenvalue weighted by Gasteiger charge is 2.11. The van der Waals surface area contributed by atoms with Gasteiger partial charge in [0.25, 0.3) is 5.91 Å². The van der Waals surface area contributed by atoms with Gasteiger partial charge in [-0.1, -0.05) is 23.2 Å². The molecule has 0 aliphatic carbocycles. The number of Topliss-reactive ketones (excluding diaryl/α,β-unsaturated/α-hetero) is 1. The highest BCUT2D eigenvalue weighted by molar-refractivity contribution is 6.36. The molecule has 2 aromatic carbocycles. The number of ketones is 1. The molecule has 2 aromatic rings. The predicted molar refractivity (Wildman–Crippen MR) is 80.9 cm³/mol. The second kappa shape index (κ2) is 6.07. The molecular weight excluding hydrogens is 297 g/mol. The van der Waals surface area contributed by atoms with Gasteiger partial charge in [-0.2, -0.15) is 0 Å². The maximum atomic E-state index is 12.1. The molecule has 0 aliphatic rings. The molecule has 1 N–H and O–H groups in total. The molecule has 5 heteroatoms. The molecule has 0 radical (unpaired) electrons. The largest absolute Gasteiger partial charge is 0.322 e. The van der Waals surface area contributed by atoms with Crippen molar-refractivity contribution in [3.05, 3.63) is 63.6 Å². The molecule has 0 fully saturated rings. The van der Waals surface area contributed by atoms with Crippen molar-refractivity contribution < 1.29 is 9.59 Å². The maximum Gasteiger partial charge on any atom is 0.257 e. The van der Waals surface area contributed by atoms with Crippen LogP contribution in [0.4, 0.5) is 5.69 Å². The summed E-state index contributed by atoms with van der Waals surface area (Å²) >= 11 is 11.8. The Morgan fingerprint density at radius 1 is 1.00 bits per heavy atom. The first-order chi connectivity index (χ1) is 9.47. The van der Waals surface area contributed by atoms with E-state index in [1.165, 1.54) is 13.0 Å². The van der Waals surface area contributed by atoms with Gasteiger partial charge in [-0.3, -0.25) is 9.59 Å². The Hall–Kier alpha value is -1.84. The number of benzene rings is 2. The molecule has 0 heterocycles. The molecule has 20 heavy (non-hydrogen) atoms. The minimum Gasteiger partial charge on any atom is -0.322 e. The van der Waals surface area contributed by atoms with Gasteiger partial charge in [0.05, 0.1) is 10.6 Å². The molecule has 3 nitrogen and oxygen atoms in total. The summed E-state index contributed by atoms with van der Waals surface area (Å²) in [5.41, 5.74) is 1.47. The van der Waals surface area contributed by atoms with Crippen LogP contribution in [0.3, 0.4) is 0 Å². The number of halogens is 2. The molecule has 0 aliphatic heterocycles. The monoisotopic (exact) mass is 307 g/mol. The number of hydrogen-bond acceptors (Lipinski definition) is 2. The quantitative estimate of drug-likeness (QED) is 0.852. The lowest BCUT2D eigenvalue weighted by Crippen LogP contribution is -2.12. The summed E-state index contributed by atoms with van der Waals surface area (Å²) in [7, 11) is 0. The first kappa shape index (κ1) is 14.6. The average molecular weight is 308 g/mol. The number of rotatable bonds is 3. The summed E-state index contributed by atoms with van der Waals surface area (Å²) in [5.74, 6) is -0.381. The Morgan fingerprint density at radius 3 is 2.25 bits per heavy atom. The fourth-order valence-electron chi connectivity index (χ4n) is 1.66. The van der Waals surface area contributed by atoms with Crippen molar-refractivity contribution in [2.24, 2.45) is 0 Å². The van der Waals surface area contributed by atoms with Crippen LogP contribution in [0.25, 0.3) is 0 Å². The first-order valence-corrected chi connectivity index (χ1v) is 6.60. The van der Waals surface area contributed by atoms with Crippen molar-refractivity contribution in [3.8, 4) is 0 Å². The van der Waals surface area contributed by atoms with Crippen LogP contribution >= 0.6 is 23.2 Å². The van der Waals surface area contributed by atoms with Crippen molar-refractivity contribution >= 4 is 40.6 Å². The van der Waals surface area contributed by atoms with Crippen molar-refractivity contribution in [1.82, 2.24) is 0 Å². The summed E-state index contributed by atoms with van der Waals surface area (Å²) in [4.78, 5) is 23.2. The summed E-state index contributed by atoms with van der Waals surface area (Å²) in [6.45, 7) is 1.49. The molecule has 0 saturated heterocycles. The van der Waals surface area contributed by atoms with Gasteiger partial charge in [-0.05, 0) is 49.4 Å². The van der Waals surface area contributed by atoms with Crippen molar-refractivity contribution in [3.63, 3.8) is 0 Å². The Bertz CT molecular complexity index is 666. The van der Waals surface area contributed by atoms with Crippen LogP contribution in [0, 0.1) is 0 Å². The first-order valence-electron chi connectivity index (χ1n) is 5.85. The third kappa shape index (κ3) is 3.38. The van der Waals surface area contributed by atoms with E-state index in [2.05, 4.69) is 5.32 Å². The number of amides is 1. The van der Waals surface area contributed by atoms with E-state index in [0.717, 1.165) is 0 Å². The minimum atomic E-state index is -0.354. The lowest BCUT2D eigenvalue weighted by molar-refractivity contribution is 0.101. The minimum absolute atomic E-state index is 0.0271. The Balaban J connectivity index is 2.19. The molecule has 2 rings (SSSR count). The van der Waals surface area contributed by atoms with Crippen LogP contribution in [0.5, 0.6) is 0 Å². The molecule has 0 saturated carbocycles. The van der Waals surface area contributed by atoms with E-state index in [1.807, 2.05) is 0 Å². The zero-order valence-electron chi connectivity index (χ0n) is 10.6. The molecule has 102 valence electrons. The number of anilines is 1. The van der Waals surface area contributed by atoms with Crippen LogP contribution < -0.4 is 5.32 Å². The Morgan fingerprint density at radius 2 is 1.65 bits per heavy atom. The van der Waals surface area contributed by atoms with Gasteiger partial charge in [0, 0.05) is 16.3 Å². The number of nitrogens with one attached hydrogen (secondary N) is 1. The van der Waals surface area contributed by atoms with Gasteiger partial charge in [0.1, 0.15) is 0 Å². The summed E-state index contributed by atoms with van der Waals surface area (Å²) in [6.07, 6.45) is 0. The second-order valence-corrected chi connectivity index (χ2v) is 5.06. The zero-order chi connectivity index (χ0) is 14.7. The fraction of sp³-hybridized carbons (Fsp3) is 0.0667. The topological polar surface area (TPSA) is 46.2 Å². The van der Waals surface area contributed by atoms with E-state index in [1.54, 1.807) is 36.4 Å². The van der Waals surface area contributed by atoms with E-state index in [-0.39, 0.29) is 11.7 Å². The van der Waals surface area contributed by atoms with Crippen LogP contribution in [-0.4, -0.2) is 11.7 Å². The van der Waals surface area contributed by atoms with E-state index >= 15 is 0 Å². The Kier molecular flexibility index (Phi) is 4.42. The van der Waals surface area contributed by atoms with E-state index in [0.29, 0.717) is 26.9 Å². The lowest BCUT2D eigenvalue weighted by atomic mass is 10.1. The second-order valence-electron chi connectivity index (χ2n) is 4.21. The van der Waals surface area contributed by atoms with Gasteiger partial charge < -0.3 is 5.32 Å². The molecule has 0 bridgehead atoms. The van der Waals surface area contributed by atoms with Crippen LogP contribution in [0.15, 0.2) is 42.5 Å². The van der Waals surface area contributed by atoms with Crippen molar-refractivity contribution in [1.29, 1.82) is 0 Å². The predicted octanol–water partition coefficient (Wildman–Crippen LogP) is 4.45. The molecule has 1 amide bonds. The SMILES string of the molecule is CC(=O)c1ccc(NC(=O)c2cc(Cl)ccc2Cl)cc1. The van der Waals surface area contributed by atoms with Gasteiger partial charge in [-0.25, -0.2) is 0 Å². The van der Waals surface area contributed by atoms with Crippen LogP contribution in [-0.2, 0) is 0 Å². The molecule has 0 atom stereocenters. The van der Waals surface area contributed by atoms with E-state index in [4.69, 9.17) is 23.2 Å². The normalized spacial score (nSPS) is 10.2. The Labute approximate surface area is 126 Å². The third-order valence-electron chi connectivity index (χ3n) is 2.72. The smallest absolute Gasteiger partial charge is 0.257 e. The highest BCUT2D eigenvalue weighted by atomic mass is 35.5. The summed E-state index contributed by atoms with van der Waals surface area (Å²) in [5, 5.41) is 3.46. The van der Waals surface area contributed by atoms with Gasteiger partial charge >= 0.3 is 0 Å². The number of hydrogen-bond donors (Lipinski definition) is 1. The van der Waals surface area contributed by atoms with Crippen molar-refractivity contribution in [2.75, 3.05) is 5.32 Å². The molecular formula is C15H11Cl2NO2. The van der Waals surface area contributed by atoms with Crippen LogP contribution in [0.2, 0.25) is 10.0 Å². The van der Waals surface area contributed by atoms with Gasteiger partial charge in [-0.15, -0.1) is 0 Å². The standard InChI is InChI=1S/C15H11Cl2NO2/c1-9(19)10-2-5-12(6-3-10)18-15(20)13-8-11(16)4-7-14(13)17/h2-8H,1H3,(H,18,20). The van der Waals surface area contributed by atoms with E-state index < -0.39 is 0 Å². The fourth-order valence-corrected chi connectivity index (χ4v) is 2.03. The third-order valence-corrected chi connectivity index (χ3v) is 3.29. The summed E-state index contributed by atoms with van der Waals surface area (Å²) in [6, 6.07) is 11.3. The lowest BCUT2D eigenvalue weighted by Gasteiger charge is -2.07. The average Bonchev–Trinajstić information content (AvgIpc) is 2.42. The number of carbonyl (C=O) groups is 2. The van der Waals surface area contributed by atoms with Crippen LogP contribution in [0.1, 0.15) is 27.6 Å². The van der Waals surface area contributed by atoms with Gasteiger partial charge in [0.15, 0.2) is 5.78 Å². The van der Waals surface area contributed by atoms with Gasteiger partial charge in [0.2, 0.25) is 0 Å². The zero-order valence-corrected chi connectivity index (χ0v) is 12.1. The highest BCUT2D eigenvalue weighted by Crippen LogP contribution is 2.22. The number of carbonyl (C=O) groups excluding carboxylic acids is 2.